The van der Waals surface area contributed by atoms with Crippen LogP contribution in [-0.4, -0.2) is 24.3 Å². The van der Waals surface area contributed by atoms with Crippen LogP contribution in [-0.2, 0) is 16.1 Å². The standard InChI is InChI=1S/C33H30Cl2N2O5S/c1-4-6-26-29(32(39)41-5-2)30(25-18-23(35)13-16-27(25)40-3)37-31(38)28(43-33(37)36-26)17-20-9-14-24(15-10-20)42-19-21-7-11-22(34)12-8-21/h7-18,30H,4-6,19H2,1-3H3/b28-17+/t30-/m1/s1. The van der Waals surface area contributed by atoms with E-state index in [2.05, 4.69) is 0 Å². The fourth-order valence-corrected chi connectivity index (χ4v) is 6.22. The molecule has 1 atom stereocenters. The van der Waals surface area contributed by atoms with Crippen LogP contribution in [0.5, 0.6) is 11.5 Å². The number of thiazole rings is 1. The summed E-state index contributed by atoms with van der Waals surface area (Å²) in [6.45, 7) is 4.35. The zero-order chi connectivity index (χ0) is 30.5. The first kappa shape index (κ1) is 30.6. The topological polar surface area (TPSA) is 79.1 Å². The molecule has 0 unspecified atom stereocenters. The highest BCUT2D eigenvalue weighted by Gasteiger charge is 2.36. The predicted octanol–water partition coefficient (Wildman–Crippen LogP) is 6.47. The summed E-state index contributed by atoms with van der Waals surface area (Å²) in [5.74, 6) is 0.674. The maximum Gasteiger partial charge on any atom is 0.338 e. The molecule has 0 N–H and O–H groups in total. The third kappa shape index (κ3) is 6.72. The van der Waals surface area contributed by atoms with E-state index in [4.69, 9.17) is 42.4 Å². The lowest BCUT2D eigenvalue weighted by Crippen LogP contribution is -2.40. The predicted molar refractivity (Wildman–Crippen MR) is 170 cm³/mol. The average molecular weight is 638 g/mol. The van der Waals surface area contributed by atoms with Gasteiger partial charge in [0.2, 0.25) is 0 Å². The van der Waals surface area contributed by atoms with Crippen LogP contribution in [0.2, 0.25) is 10.0 Å². The molecule has 222 valence electrons. The lowest BCUT2D eigenvalue weighted by molar-refractivity contribution is -0.139. The molecule has 10 heteroatoms. The second kappa shape index (κ2) is 13.6. The normalized spacial score (nSPS) is 14.7. The van der Waals surface area contributed by atoms with E-state index in [1.807, 2.05) is 61.5 Å². The van der Waals surface area contributed by atoms with Gasteiger partial charge in [0.05, 0.1) is 29.5 Å². The number of ether oxygens (including phenoxy) is 3. The number of esters is 1. The van der Waals surface area contributed by atoms with E-state index in [0.717, 1.165) is 17.5 Å². The number of rotatable bonds is 10. The van der Waals surface area contributed by atoms with E-state index in [9.17, 15) is 9.59 Å². The number of benzene rings is 3. The Labute approximate surface area is 263 Å². The molecule has 7 nitrogen and oxygen atoms in total. The Morgan fingerprint density at radius 3 is 2.42 bits per heavy atom. The van der Waals surface area contributed by atoms with Crippen LogP contribution in [0.1, 0.15) is 49.4 Å². The monoisotopic (exact) mass is 636 g/mol. The zero-order valence-corrected chi connectivity index (χ0v) is 26.3. The average Bonchev–Trinajstić information content (AvgIpc) is 3.31. The number of aromatic nitrogens is 1. The third-order valence-corrected chi connectivity index (χ3v) is 8.35. The van der Waals surface area contributed by atoms with Gasteiger partial charge in [0, 0.05) is 15.6 Å². The van der Waals surface area contributed by atoms with Gasteiger partial charge in [-0.3, -0.25) is 9.36 Å². The van der Waals surface area contributed by atoms with Gasteiger partial charge in [0.15, 0.2) is 4.80 Å². The molecule has 1 aliphatic rings. The Bertz CT molecular complexity index is 1840. The highest BCUT2D eigenvalue weighted by molar-refractivity contribution is 7.07. The van der Waals surface area contributed by atoms with Gasteiger partial charge in [-0.15, -0.1) is 0 Å². The van der Waals surface area contributed by atoms with Crippen molar-refractivity contribution in [3.8, 4) is 11.5 Å². The Morgan fingerprint density at radius 2 is 1.74 bits per heavy atom. The van der Waals surface area contributed by atoms with Crippen molar-refractivity contribution >= 4 is 46.6 Å². The summed E-state index contributed by atoms with van der Waals surface area (Å²) in [5, 5.41) is 1.13. The Hall–Kier alpha value is -3.85. The van der Waals surface area contributed by atoms with Crippen LogP contribution in [0.4, 0.5) is 0 Å². The van der Waals surface area contributed by atoms with E-state index in [0.29, 0.717) is 60.7 Å². The van der Waals surface area contributed by atoms with Crippen molar-refractivity contribution in [1.82, 2.24) is 4.57 Å². The summed E-state index contributed by atoms with van der Waals surface area (Å²) >= 11 is 13.6. The maximum atomic E-state index is 14.0. The Kier molecular flexibility index (Phi) is 9.70. The van der Waals surface area contributed by atoms with Gasteiger partial charge in [0.25, 0.3) is 5.56 Å². The van der Waals surface area contributed by atoms with E-state index < -0.39 is 12.0 Å². The lowest BCUT2D eigenvalue weighted by Gasteiger charge is -2.27. The zero-order valence-electron chi connectivity index (χ0n) is 23.9. The lowest BCUT2D eigenvalue weighted by atomic mass is 9.93. The molecule has 0 amide bonds. The minimum absolute atomic E-state index is 0.185. The number of fused-ring (bicyclic) bond motifs is 1. The van der Waals surface area contributed by atoms with Crippen molar-refractivity contribution in [2.45, 2.75) is 39.3 Å². The molecule has 0 aliphatic carbocycles. The molecule has 2 heterocycles. The molecule has 0 bridgehead atoms. The minimum atomic E-state index is -0.823. The molecule has 3 aromatic carbocycles. The number of carbonyl (C=O) groups excluding carboxylic acids is 1. The van der Waals surface area contributed by atoms with Crippen LogP contribution in [0.15, 0.2) is 87.8 Å². The molecule has 0 fully saturated rings. The van der Waals surface area contributed by atoms with Crippen LogP contribution >= 0.6 is 34.5 Å². The molecular formula is C33H30Cl2N2O5S. The number of halogens is 2. The Balaban J connectivity index is 1.57. The summed E-state index contributed by atoms with van der Waals surface area (Å²) in [6, 6.07) is 19.3. The third-order valence-electron chi connectivity index (χ3n) is 6.88. The molecule has 0 radical (unpaired) electrons. The number of carbonyl (C=O) groups is 1. The fraction of sp³-hybridized carbons (Fsp3) is 0.242. The molecule has 43 heavy (non-hydrogen) atoms. The van der Waals surface area contributed by atoms with Gasteiger partial charge >= 0.3 is 5.97 Å². The molecule has 4 aromatic rings. The summed E-state index contributed by atoms with van der Waals surface area (Å²) in [6.07, 6.45) is 3.10. The van der Waals surface area contributed by atoms with Gasteiger partial charge in [-0.2, -0.15) is 0 Å². The largest absolute Gasteiger partial charge is 0.496 e. The SMILES string of the molecule is CCCC1=C(C(=O)OCC)[C@@H](c2cc(Cl)ccc2OC)n2c(s/c(=C/c3ccc(OCc4ccc(Cl)cc4)cc3)c2=O)=N1. The van der Waals surface area contributed by atoms with Crippen molar-refractivity contribution in [1.29, 1.82) is 0 Å². The van der Waals surface area contributed by atoms with E-state index in [1.54, 1.807) is 36.8 Å². The minimum Gasteiger partial charge on any atom is -0.496 e. The first-order chi connectivity index (χ1) is 20.8. The van der Waals surface area contributed by atoms with E-state index >= 15 is 0 Å². The van der Waals surface area contributed by atoms with Gasteiger partial charge in [0.1, 0.15) is 24.1 Å². The van der Waals surface area contributed by atoms with Crippen LogP contribution < -0.4 is 24.4 Å². The molecule has 5 rings (SSSR count). The summed E-state index contributed by atoms with van der Waals surface area (Å²) in [7, 11) is 1.54. The van der Waals surface area contributed by atoms with Gasteiger partial charge in [-0.25, -0.2) is 9.79 Å². The number of hydrogen-bond donors (Lipinski definition) is 0. The first-order valence-corrected chi connectivity index (χ1v) is 15.4. The van der Waals surface area contributed by atoms with Gasteiger partial charge < -0.3 is 14.2 Å². The van der Waals surface area contributed by atoms with Crippen LogP contribution in [0, 0.1) is 0 Å². The Morgan fingerprint density at radius 1 is 1.02 bits per heavy atom. The molecule has 1 aliphatic heterocycles. The second-order valence-electron chi connectivity index (χ2n) is 9.78. The molecule has 0 spiro atoms. The fourth-order valence-electron chi connectivity index (χ4n) is 4.89. The van der Waals surface area contributed by atoms with Crippen molar-refractivity contribution < 1.29 is 19.0 Å². The molecule has 1 aromatic heterocycles. The summed E-state index contributed by atoms with van der Waals surface area (Å²) in [5.41, 5.74) is 3.02. The molecule has 0 saturated carbocycles. The van der Waals surface area contributed by atoms with Crippen molar-refractivity contribution in [3.63, 3.8) is 0 Å². The summed E-state index contributed by atoms with van der Waals surface area (Å²) < 4.78 is 19.0. The number of hydrogen-bond acceptors (Lipinski definition) is 7. The van der Waals surface area contributed by atoms with Crippen LogP contribution in [0.25, 0.3) is 6.08 Å². The quantitative estimate of drug-likeness (QED) is 0.186. The van der Waals surface area contributed by atoms with Crippen molar-refractivity contribution in [2.75, 3.05) is 13.7 Å². The van der Waals surface area contributed by atoms with E-state index in [-0.39, 0.29) is 12.2 Å². The summed E-state index contributed by atoms with van der Waals surface area (Å²) in [4.78, 5) is 32.7. The van der Waals surface area contributed by atoms with Crippen LogP contribution in [0.3, 0.4) is 0 Å². The smallest absolute Gasteiger partial charge is 0.338 e. The van der Waals surface area contributed by atoms with Crippen molar-refractivity contribution in [2.24, 2.45) is 4.99 Å². The van der Waals surface area contributed by atoms with Gasteiger partial charge in [-0.05, 0) is 73.0 Å². The first-order valence-electron chi connectivity index (χ1n) is 13.9. The van der Waals surface area contributed by atoms with E-state index in [1.165, 1.54) is 11.3 Å². The molecule has 0 saturated heterocycles. The highest BCUT2D eigenvalue weighted by atomic mass is 35.5. The van der Waals surface area contributed by atoms with Crippen molar-refractivity contribution in [3.05, 3.63) is 124 Å². The number of methoxy groups -OCH3 is 1. The number of allylic oxidation sites excluding steroid dienone is 1. The van der Waals surface area contributed by atoms with Gasteiger partial charge in [-0.1, -0.05) is 72.1 Å². The highest BCUT2D eigenvalue weighted by Crippen LogP contribution is 2.38. The molecular weight excluding hydrogens is 607 g/mol. The maximum absolute atomic E-state index is 14.0. The number of nitrogens with zero attached hydrogens (tertiary/aromatic N) is 2. The second-order valence-corrected chi connectivity index (χ2v) is 11.7.